The summed E-state index contributed by atoms with van der Waals surface area (Å²) in [5, 5.41) is 4.74. The van der Waals surface area contributed by atoms with Gasteiger partial charge in [-0.1, -0.05) is 24.3 Å². The van der Waals surface area contributed by atoms with Crippen molar-refractivity contribution in [1.82, 2.24) is 20.2 Å². The van der Waals surface area contributed by atoms with Crippen molar-refractivity contribution in [2.24, 2.45) is 0 Å². The highest BCUT2D eigenvalue weighted by Crippen LogP contribution is 2.20. The number of carbonyl (C=O) groups is 1. The minimum atomic E-state index is -0.164. The van der Waals surface area contributed by atoms with Gasteiger partial charge in [0, 0.05) is 62.4 Å². The van der Waals surface area contributed by atoms with E-state index in [4.69, 9.17) is 4.42 Å². The maximum Gasteiger partial charge on any atom is 0.287 e. The van der Waals surface area contributed by atoms with Crippen LogP contribution in [0.2, 0.25) is 0 Å². The van der Waals surface area contributed by atoms with Crippen LogP contribution in [0.5, 0.6) is 0 Å². The van der Waals surface area contributed by atoms with E-state index < -0.39 is 0 Å². The molecular formula is C19H21N5O2. The molecule has 1 N–H and O–H groups in total. The third-order valence-electron chi connectivity index (χ3n) is 4.64. The van der Waals surface area contributed by atoms with Crippen LogP contribution in [0.15, 0.2) is 53.4 Å². The number of aromatic nitrogens is 2. The molecule has 3 heterocycles. The lowest BCUT2D eigenvalue weighted by Crippen LogP contribution is -2.49. The van der Waals surface area contributed by atoms with Gasteiger partial charge in [0.1, 0.15) is 0 Å². The average molecular weight is 351 g/mol. The molecule has 0 aliphatic carbocycles. The molecule has 0 unspecified atom stereocenters. The SMILES string of the molecule is O=C(NCCN1CCN(c2ncccn2)CC1)c1occ2ccccc12. The second-order valence-electron chi connectivity index (χ2n) is 6.29. The number of nitrogens with one attached hydrogen (secondary N) is 1. The second kappa shape index (κ2) is 7.53. The molecule has 4 rings (SSSR count). The molecule has 3 aromatic rings. The predicted octanol–water partition coefficient (Wildman–Crippen LogP) is 1.77. The average Bonchev–Trinajstić information content (AvgIpc) is 3.13. The molecule has 1 amide bonds. The van der Waals surface area contributed by atoms with Crippen LogP contribution in [0.3, 0.4) is 0 Å². The largest absolute Gasteiger partial charge is 0.458 e. The fourth-order valence-corrected chi connectivity index (χ4v) is 3.20. The Morgan fingerprint density at radius 1 is 1.08 bits per heavy atom. The summed E-state index contributed by atoms with van der Waals surface area (Å²) in [5.41, 5.74) is 0. The standard InChI is InChI=1S/C19H21N5O2/c25-18(17-16-5-2-1-4-15(16)14-26-17)20-8-9-23-10-12-24(13-11-23)19-21-6-3-7-22-19/h1-7,14H,8-13H2,(H,20,25). The van der Waals surface area contributed by atoms with Gasteiger partial charge in [0.15, 0.2) is 5.76 Å². The van der Waals surface area contributed by atoms with E-state index in [0.29, 0.717) is 12.3 Å². The first kappa shape index (κ1) is 16.5. The molecule has 1 saturated heterocycles. The third-order valence-corrected chi connectivity index (χ3v) is 4.64. The van der Waals surface area contributed by atoms with E-state index in [1.54, 1.807) is 18.7 Å². The van der Waals surface area contributed by atoms with E-state index in [-0.39, 0.29) is 5.91 Å². The van der Waals surface area contributed by atoms with E-state index in [2.05, 4.69) is 25.1 Å². The molecule has 0 atom stereocenters. The first-order valence-corrected chi connectivity index (χ1v) is 8.80. The summed E-state index contributed by atoms with van der Waals surface area (Å²) in [6.07, 6.45) is 5.15. The Labute approximate surface area is 151 Å². The number of anilines is 1. The van der Waals surface area contributed by atoms with Gasteiger partial charge in [-0.3, -0.25) is 9.69 Å². The number of amides is 1. The van der Waals surface area contributed by atoms with Gasteiger partial charge < -0.3 is 14.6 Å². The van der Waals surface area contributed by atoms with Crippen LogP contribution < -0.4 is 10.2 Å². The fraction of sp³-hybridized carbons (Fsp3) is 0.316. The molecule has 2 aromatic heterocycles. The molecule has 7 nitrogen and oxygen atoms in total. The molecule has 0 radical (unpaired) electrons. The highest BCUT2D eigenvalue weighted by Gasteiger charge is 2.19. The zero-order valence-corrected chi connectivity index (χ0v) is 14.5. The minimum Gasteiger partial charge on any atom is -0.458 e. The van der Waals surface area contributed by atoms with Crippen LogP contribution in [0.25, 0.3) is 10.8 Å². The molecular weight excluding hydrogens is 330 g/mol. The summed E-state index contributed by atoms with van der Waals surface area (Å²) in [6, 6.07) is 9.50. The molecule has 1 aliphatic heterocycles. The van der Waals surface area contributed by atoms with Crippen LogP contribution >= 0.6 is 0 Å². The summed E-state index contributed by atoms with van der Waals surface area (Å²) in [7, 11) is 0. The molecule has 0 spiro atoms. The molecule has 1 fully saturated rings. The Kier molecular flexibility index (Phi) is 4.79. The lowest BCUT2D eigenvalue weighted by molar-refractivity contribution is 0.0922. The summed E-state index contributed by atoms with van der Waals surface area (Å²) in [6.45, 7) is 5.04. The summed E-state index contributed by atoms with van der Waals surface area (Å²) < 4.78 is 5.44. The molecule has 7 heteroatoms. The number of hydrogen-bond acceptors (Lipinski definition) is 6. The molecule has 0 bridgehead atoms. The number of piperazine rings is 1. The van der Waals surface area contributed by atoms with Gasteiger partial charge in [-0.25, -0.2) is 9.97 Å². The molecule has 1 aromatic carbocycles. The van der Waals surface area contributed by atoms with Gasteiger partial charge in [0.25, 0.3) is 5.91 Å². The lowest BCUT2D eigenvalue weighted by Gasteiger charge is -2.34. The zero-order chi connectivity index (χ0) is 17.8. The Balaban J connectivity index is 1.25. The van der Waals surface area contributed by atoms with Crippen LogP contribution in [-0.2, 0) is 0 Å². The zero-order valence-electron chi connectivity index (χ0n) is 14.5. The van der Waals surface area contributed by atoms with Crippen molar-refractivity contribution in [2.45, 2.75) is 0 Å². The number of nitrogens with zero attached hydrogens (tertiary/aromatic N) is 4. The summed E-state index contributed by atoms with van der Waals surface area (Å²) in [4.78, 5) is 25.5. The van der Waals surface area contributed by atoms with E-state index in [0.717, 1.165) is 49.4 Å². The number of hydrogen-bond donors (Lipinski definition) is 1. The van der Waals surface area contributed by atoms with Crippen molar-refractivity contribution in [3.63, 3.8) is 0 Å². The molecule has 26 heavy (non-hydrogen) atoms. The number of carbonyl (C=O) groups excluding carboxylic acids is 1. The topological polar surface area (TPSA) is 74.5 Å². The fourth-order valence-electron chi connectivity index (χ4n) is 3.20. The number of rotatable bonds is 5. The normalized spacial score (nSPS) is 15.3. The monoisotopic (exact) mass is 351 g/mol. The predicted molar refractivity (Wildman–Crippen MR) is 99.2 cm³/mol. The smallest absolute Gasteiger partial charge is 0.287 e. The molecule has 0 saturated carbocycles. The van der Waals surface area contributed by atoms with Crippen LogP contribution in [0.1, 0.15) is 10.6 Å². The summed E-state index contributed by atoms with van der Waals surface area (Å²) in [5.74, 6) is 0.999. The molecule has 1 aliphatic rings. The van der Waals surface area contributed by atoms with Gasteiger partial charge in [-0.2, -0.15) is 0 Å². The van der Waals surface area contributed by atoms with Gasteiger partial charge in [0.05, 0.1) is 6.26 Å². The van der Waals surface area contributed by atoms with E-state index in [1.807, 2.05) is 30.3 Å². The maximum absolute atomic E-state index is 12.4. The quantitative estimate of drug-likeness (QED) is 0.755. The van der Waals surface area contributed by atoms with E-state index in [9.17, 15) is 4.79 Å². The Morgan fingerprint density at radius 3 is 2.65 bits per heavy atom. The minimum absolute atomic E-state index is 0.164. The van der Waals surface area contributed by atoms with Crippen molar-refractivity contribution in [1.29, 1.82) is 0 Å². The summed E-state index contributed by atoms with van der Waals surface area (Å²) >= 11 is 0. The maximum atomic E-state index is 12.4. The third kappa shape index (κ3) is 3.52. The van der Waals surface area contributed by atoms with Crippen LogP contribution in [-0.4, -0.2) is 60.0 Å². The Hall–Kier alpha value is -2.93. The second-order valence-corrected chi connectivity index (χ2v) is 6.29. The van der Waals surface area contributed by atoms with E-state index >= 15 is 0 Å². The van der Waals surface area contributed by atoms with Gasteiger partial charge >= 0.3 is 0 Å². The van der Waals surface area contributed by atoms with Crippen LogP contribution in [0.4, 0.5) is 5.95 Å². The van der Waals surface area contributed by atoms with Gasteiger partial charge in [0.2, 0.25) is 5.95 Å². The Bertz CT molecular complexity index is 872. The van der Waals surface area contributed by atoms with Gasteiger partial charge in [-0.15, -0.1) is 0 Å². The van der Waals surface area contributed by atoms with Crippen molar-refractivity contribution in [3.05, 3.63) is 54.7 Å². The number of benzene rings is 1. The van der Waals surface area contributed by atoms with Gasteiger partial charge in [-0.05, 0) is 6.07 Å². The van der Waals surface area contributed by atoms with Crippen LogP contribution in [0, 0.1) is 0 Å². The highest BCUT2D eigenvalue weighted by atomic mass is 16.3. The number of furan rings is 1. The van der Waals surface area contributed by atoms with E-state index in [1.165, 1.54) is 0 Å². The first-order chi connectivity index (χ1) is 12.8. The van der Waals surface area contributed by atoms with Crippen molar-refractivity contribution in [2.75, 3.05) is 44.2 Å². The lowest BCUT2D eigenvalue weighted by atomic mass is 10.2. The highest BCUT2D eigenvalue weighted by molar-refractivity contribution is 6.04. The molecule has 134 valence electrons. The van der Waals surface area contributed by atoms with Crippen molar-refractivity contribution >= 4 is 22.6 Å². The Morgan fingerprint density at radius 2 is 1.85 bits per heavy atom. The first-order valence-electron chi connectivity index (χ1n) is 8.80. The van der Waals surface area contributed by atoms with Crippen molar-refractivity contribution in [3.8, 4) is 0 Å². The number of fused-ring (bicyclic) bond motifs is 1. The van der Waals surface area contributed by atoms with Crippen molar-refractivity contribution < 1.29 is 9.21 Å².